The smallest absolute Gasteiger partial charge is 0.270 e. The highest BCUT2D eigenvalue weighted by molar-refractivity contribution is 7.80. The van der Waals surface area contributed by atoms with Crippen molar-refractivity contribution in [2.24, 2.45) is 0 Å². The first-order valence-electron chi connectivity index (χ1n) is 10.2. The van der Waals surface area contributed by atoms with Crippen LogP contribution in [-0.4, -0.2) is 55.1 Å². The van der Waals surface area contributed by atoms with Gasteiger partial charge < -0.3 is 15.0 Å². The number of hydrogen-bond donors (Lipinski definition) is 2. The number of ether oxygens (including phenoxy) is 1. The molecule has 2 fully saturated rings. The standard InChI is InChI=1S/C22H21N5O5S/c1-32-17-4-2-3-15(13-17)26-21(29)18(20(28)24-22(26)33)12-14-11-16(27(30)31)5-6-19(14)25-9-7-23-8-10-25/h2-6,11-13,23H,7-10H2,1H3,(H,24,28,33)/b18-12-. The van der Waals surface area contributed by atoms with E-state index < -0.39 is 16.7 Å². The summed E-state index contributed by atoms with van der Waals surface area (Å²) in [6.45, 7) is 2.89. The molecule has 0 saturated carbocycles. The minimum absolute atomic E-state index is 0.0585. The van der Waals surface area contributed by atoms with Crippen LogP contribution in [0.4, 0.5) is 17.1 Å². The number of thiocarbonyl (C=S) groups is 1. The molecule has 10 nitrogen and oxygen atoms in total. The lowest BCUT2D eigenvalue weighted by Gasteiger charge is -2.31. The molecule has 0 atom stereocenters. The van der Waals surface area contributed by atoms with Crippen molar-refractivity contribution in [1.29, 1.82) is 0 Å². The van der Waals surface area contributed by atoms with E-state index >= 15 is 0 Å². The predicted octanol–water partition coefficient (Wildman–Crippen LogP) is 1.84. The predicted molar refractivity (Wildman–Crippen MR) is 127 cm³/mol. The highest BCUT2D eigenvalue weighted by Gasteiger charge is 2.35. The van der Waals surface area contributed by atoms with Gasteiger partial charge in [0, 0.05) is 55.6 Å². The first-order valence-corrected chi connectivity index (χ1v) is 10.6. The number of nitro benzene ring substituents is 1. The molecule has 2 N–H and O–H groups in total. The Morgan fingerprint density at radius 1 is 1.15 bits per heavy atom. The number of non-ortho nitro benzene ring substituents is 1. The molecule has 11 heteroatoms. The average molecular weight is 468 g/mol. The molecule has 2 amide bonds. The van der Waals surface area contributed by atoms with Gasteiger partial charge in [0.1, 0.15) is 11.3 Å². The van der Waals surface area contributed by atoms with E-state index in [9.17, 15) is 19.7 Å². The van der Waals surface area contributed by atoms with E-state index in [1.165, 1.54) is 30.2 Å². The van der Waals surface area contributed by atoms with Crippen LogP contribution in [0.2, 0.25) is 0 Å². The first kappa shape index (κ1) is 22.4. The van der Waals surface area contributed by atoms with E-state index in [0.717, 1.165) is 13.1 Å². The molecule has 33 heavy (non-hydrogen) atoms. The third-order valence-corrected chi connectivity index (χ3v) is 5.68. The summed E-state index contributed by atoms with van der Waals surface area (Å²) < 4.78 is 5.22. The van der Waals surface area contributed by atoms with Crippen LogP contribution in [-0.2, 0) is 9.59 Å². The molecule has 2 aromatic carbocycles. The van der Waals surface area contributed by atoms with Gasteiger partial charge in [0.25, 0.3) is 17.5 Å². The fourth-order valence-corrected chi connectivity index (χ4v) is 4.04. The number of anilines is 2. The van der Waals surface area contributed by atoms with Crippen molar-refractivity contribution in [3.63, 3.8) is 0 Å². The van der Waals surface area contributed by atoms with E-state index in [1.54, 1.807) is 30.3 Å². The molecule has 0 aromatic heterocycles. The number of nitro groups is 1. The fourth-order valence-electron chi connectivity index (χ4n) is 3.76. The second kappa shape index (κ2) is 9.35. The Labute approximate surface area is 195 Å². The molecule has 2 aromatic rings. The maximum atomic E-state index is 13.4. The molecule has 2 heterocycles. The summed E-state index contributed by atoms with van der Waals surface area (Å²) >= 11 is 5.24. The Morgan fingerprint density at radius 3 is 2.61 bits per heavy atom. The molecule has 2 aliphatic heterocycles. The van der Waals surface area contributed by atoms with Crippen molar-refractivity contribution in [1.82, 2.24) is 10.6 Å². The van der Waals surface area contributed by atoms with Gasteiger partial charge in [-0.25, -0.2) is 0 Å². The van der Waals surface area contributed by atoms with Crippen molar-refractivity contribution in [3.05, 3.63) is 63.7 Å². The zero-order valence-electron chi connectivity index (χ0n) is 17.7. The van der Waals surface area contributed by atoms with E-state index in [-0.39, 0.29) is 16.4 Å². The number of rotatable bonds is 5. The van der Waals surface area contributed by atoms with Gasteiger partial charge in [-0.3, -0.25) is 29.9 Å². The van der Waals surface area contributed by atoms with Crippen molar-refractivity contribution in [2.75, 3.05) is 43.1 Å². The number of nitrogens with one attached hydrogen (secondary N) is 2. The van der Waals surface area contributed by atoms with Crippen LogP contribution in [0.3, 0.4) is 0 Å². The van der Waals surface area contributed by atoms with Crippen molar-refractivity contribution < 1.29 is 19.2 Å². The van der Waals surface area contributed by atoms with Crippen LogP contribution in [0.1, 0.15) is 5.56 Å². The van der Waals surface area contributed by atoms with E-state index in [1.807, 2.05) is 0 Å². The lowest BCUT2D eigenvalue weighted by Crippen LogP contribution is -2.54. The number of benzene rings is 2. The molecule has 2 saturated heterocycles. The average Bonchev–Trinajstić information content (AvgIpc) is 2.82. The second-order valence-electron chi connectivity index (χ2n) is 7.40. The first-order chi connectivity index (χ1) is 15.9. The SMILES string of the molecule is COc1cccc(N2C(=O)/C(=C\c3cc([N+](=O)[O-])ccc3N3CCNCC3)C(=O)NC2=S)c1. The topological polar surface area (TPSA) is 117 Å². The van der Waals surface area contributed by atoms with Gasteiger partial charge in [-0.2, -0.15) is 0 Å². The molecule has 2 aliphatic rings. The largest absolute Gasteiger partial charge is 0.497 e. The van der Waals surface area contributed by atoms with Crippen molar-refractivity contribution >= 4 is 52.3 Å². The number of hydrogen-bond acceptors (Lipinski definition) is 8. The zero-order valence-corrected chi connectivity index (χ0v) is 18.6. The van der Waals surface area contributed by atoms with Gasteiger partial charge in [-0.05, 0) is 36.5 Å². The van der Waals surface area contributed by atoms with Gasteiger partial charge in [0.2, 0.25) is 0 Å². The summed E-state index contributed by atoms with van der Waals surface area (Å²) in [5.41, 5.74) is 1.23. The second-order valence-corrected chi connectivity index (χ2v) is 7.78. The monoisotopic (exact) mass is 467 g/mol. The van der Waals surface area contributed by atoms with Gasteiger partial charge in [-0.1, -0.05) is 6.07 Å². The zero-order chi connectivity index (χ0) is 23.5. The third kappa shape index (κ3) is 4.54. The molecular formula is C22H21N5O5S. The normalized spacial score (nSPS) is 17.8. The van der Waals surface area contributed by atoms with Gasteiger partial charge in [0.15, 0.2) is 5.11 Å². The summed E-state index contributed by atoms with van der Waals surface area (Å²) in [4.78, 5) is 40.2. The van der Waals surface area contributed by atoms with Crippen LogP contribution in [0.25, 0.3) is 6.08 Å². The molecule has 0 aliphatic carbocycles. The molecular weight excluding hydrogens is 446 g/mol. The minimum Gasteiger partial charge on any atom is -0.497 e. The van der Waals surface area contributed by atoms with Gasteiger partial charge in [0.05, 0.1) is 17.7 Å². The number of carbonyl (C=O) groups excluding carboxylic acids is 2. The van der Waals surface area contributed by atoms with Crippen LogP contribution in [0, 0.1) is 10.1 Å². The highest BCUT2D eigenvalue weighted by Crippen LogP contribution is 2.30. The lowest BCUT2D eigenvalue weighted by atomic mass is 10.0. The molecule has 170 valence electrons. The summed E-state index contributed by atoms with van der Waals surface area (Å²) in [5, 5.41) is 17.1. The summed E-state index contributed by atoms with van der Waals surface area (Å²) in [5.74, 6) is -0.776. The Kier molecular flexibility index (Phi) is 6.33. The van der Waals surface area contributed by atoms with Crippen molar-refractivity contribution in [2.45, 2.75) is 0 Å². The molecule has 0 unspecified atom stereocenters. The Balaban J connectivity index is 1.78. The van der Waals surface area contributed by atoms with Crippen LogP contribution >= 0.6 is 12.2 Å². The summed E-state index contributed by atoms with van der Waals surface area (Å²) in [6, 6.07) is 11.1. The number of nitrogens with zero attached hydrogens (tertiary/aromatic N) is 3. The number of methoxy groups -OCH3 is 1. The maximum Gasteiger partial charge on any atom is 0.270 e. The molecule has 0 bridgehead atoms. The van der Waals surface area contributed by atoms with Crippen LogP contribution < -0.4 is 25.2 Å². The molecule has 4 rings (SSSR count). The van der Waals surface area contributed by atoms with E-state index in [0.29, 0.717) is 35.8 Å². The van der Waals surface area contributed by atoms with Crippen LogP contribution in [0.15, 0.2) is 48.0 Å². The third-order valence-electron chi connectivity index (χ3n) is 5.39. The van der Waals surface area contributed by atoms with Gasteiger partial charge >= 0.3 is 0 Å². The Morgan fingerprint density at radius 2 is 1.91 bits per heavy atom. The summed E-state index contributed by atoms with van der Waals surface area (Å²) in [7, 11) is 1.50. The van der Waals surface area contributed by atoms with Crippen molar-refractivity contribution in [3.8, 4) is 5.75 Å². The quantitative estimate of drug-likeness (QED) is 0.225. The van der Waals surface area contributed by atoms with E-state index in [2.05, 4.69) is 15.5 Å². The minimum atomic E-state index is -0.665. The Hall–Kier alpha value is -3.83. The van der Waals surface area contributed by atoms with E-state index in [4.69, 9.17) is 17.0 Å². The fraction of sp³-hybridized carbons (Fsp3) is 0.227. The number of piperazine rings is 1. The summed E-state index contributed by atoms with van der Waals surface area (Å²) in [6.07, 6.45) is 1.39. The number of amides is 2. The number of carbonyl (C=O) groups is 2. The van der Waals surface area contributed by atoms with Crippen LogP contribution in [0.5, 0.6) is 5.75 Å². The lowest BCUT2D eigenvalue weighted by molar-refractivity contribution is -0.384. The van der Waals surface area contributed by atoms with Gasteiger partial charge in [-0.15, -0.1) is 0 Å². The molecule has 0 radical (unpaired) electrons. The molecule has 0 spiro atoms. The Bertz CT molecular complexity index is 1180. The highest BCUT2D eigenvalue weighted by atomic mass is 32.1. The maximum absolute atomic E-state index is 13.4.